The first-order chi connectivity index (χ1) is 9.53. The van der Waals surface area contributed by atoms with Crippen LogP contribution in [0, 0.1) is 0 Å². The van der Waals surface area contributed by atoms with E-state index in [2.05, 4.69) is 52.1 Å². The average molecular weight is 341 g/mol. The molecule has 0 bridgehead atoms. The van der Waals surface area contributed by atoms with Crippen LogP contribution in [0.15, 0.2) is 16.6 Å². The summed E-state index contributed by atoms with van der Waals surface area (Å²) in [7, 11) is 0. The molecule has 0 saturated carbocycles. The lowest BCUT2D eigenvalue weighted by Gasteiger charge is -2.39. The van der Waals surface area contributed by atoms with Gasteiger partial charge in [-0.1, -0.05) is 0 Å². The van der Waals surface area contributed by atoms with E-state index in [9.17, 15) is 0 Å². The first-order valence-electron chi connectivity index (χ1n) is 7.09. The molecular formula is C15H21BrN2O2. The highest BCUT2D eigenvalue weighted by Crippen LogP contribution is 2.38. The maximum atomic E-state index is 5.69. The summed E-state index contributed by atoms with van der Waals surface area (Å²) in [6, 6.07) is 4.25. The highest BCUT2D eigenvalue weighted by Gasteiger charge is 2.26. The van der Waals surface area contributed by atoms with Gasteiger partial charge in [-0.3, -0.25) is 4.90 Å². The van der Waals surface area contributed by atoms with Gasteiger partial charge in [0.1, 0.15) is 13.2 Å². The molecule has 0 radical (unpaired) electrons. The van der Waals surface area contributed by atoms with Crippen LogP contribution in [0.3, 0.4) is 0 Å². The van der Waals surface area contributed by atoms with E-state index >= 15 is 0 Å². The molecule has 0 aliphatic carbocycles. The molecule has 1 fully saturated rings. The number of rotatable bonds is 2. The SMILES string of the molecule is CC1(C)CN(Cc2cc(Br)c3c(c2)OCCO3)CCN1. The Labute approximate surface area is 128 Å². The van der Waals surface area contributed by atoms with Gasteiger partial charge in [-0.25, -0.2) is 0 Å². The minimum absolute atomic E-state index is 0.184. The monoisotopic (exact) mass is 340 g/mol. The molecule has 0 amide bonds. The van der Waals surface area contributed by atoms with Crippen molar-refractivity contribution in [3.8, 4) is 11.5 Å². The number of piperazine rings is 1. The zero-order valence-corrected chi connectivity index (χ0v) is 13.6. The molecule has 1 aromatic carbocycles. The molecule has 3 rings (SSSR count). The molecule has 0 spiro atoms. The predicted octanol–water partition coefficient (Wildman–Crippen LogP) is 2.40. The van der Waals surface area contributed by atoms with E-state index < -0.39 is 0 Å². The Morgan fingerprint density at radius 3 is 2.90 bits per heavy atom. The number of nitrogens with one attached hydrogen (secondary N) is 1. The number of fused-ring (bicyclic) bond motifs is 1. The molecule has 20 heavy (non-hydrogen) atoms. The van der Waals surface area contributed by atoms with Gasteiger partial charge in [-0.15, -0.1) is 0 Å². The Morgan fingerprint density at radius 1 is 1.30 bits per heavy atom. The summed E-state index contributed by atoms with van der Waals surface area (Å²) in [5.74, 6) is 1.69. The highest BCUT2D eigenvalue weighted by atomic mass is 79.9. The molecule has 0 unspecified atom stereocenters. The second-order valence-electron chi connectivity index (χ2n) is 6.12. The van der Waals surface area contributed by atoms with E-state index in [-0.39, 0.29) is 5.54 Å². The van der Waals surface area contributed by atoms with Crippen LogP contribution in [0.4, 0.5) is 0 Å². The third-order valence-electron chi connectivity index (χ3n) is 3.71. The minimum Gasteiger partial charge on any atom is -0.486 e. The fourth-order valence-corrected chi connectivity index (χ4v) is 3.50. The van der Waals surface area contributed by atoms with Crippen LogP contribution in [0.2, 0.25) is 0 Å². The van der Waals surface area contributed by atoms with Crippen LogP contribution >= 0.6 is 15.9 Å². The summed E-state index contributed by atoms with van der Waals surface area (Å²) in [5, 5.41) is 3.54. The second-order valence-corrected chi connectivity index (χ2v) is 6.98. The Bertz CT molecular complexity index is 505. The number of halogens is 1. The summed E-state index contributed by atoms with van der Waals surface area (Å²) >= 11 is 3.58. The maximum absolute atomic E-state index is 5.69. The summed E-state index contributed by atoms with van der Waals surface area (Å²) in [4.78, 5) is 2.48. The molecule has 2 heterocycles. The van der Waals surface area contributed by atoms with Crippen LogP contribution in [0.1, 0.15) is 19.4 Å². The molecule has 1 saturated heterocycles. The maximum Gasteiger partial charge on any atom is 0.175 e. The average Bonchev–Trinajstić information content (AvgIpc) is 2.37. The molecular weight excluding hydrogens is 320 g/mol. The normalized spacial score (nSPS) is 21.8. The molecule has 2 aliphatic rings. The van der Waals surface area contributed by atoms with Crippen LogP contribution in [0.5, 0.6) is 11.5 Å². The Hall–Kier alpha value is -0.780. The first-order valence-corrected chi connectivity index (χ1v) is 7.88. The van der Waals surface area contributed by atoms with Gasteiger partial charge in [0, 0.05) is 31.7 Å². The topological polar surface area (TPSA) is 33.7 Å². The van der Waals surface area contributed by atoms with Crippen LogP contribution in [0.25, 0.3) is 0 Å². The van der Waals surface area contributed by atoms with Gasteiger partial charge in [-0.05, 0) is 47.5 Å². The Morgan fingerprint density at radius 2 is 2.10 bits per heavy atom. The number of hydrogen-bond acceptors (Lipinski definition) is 4. The van der Waals surface area contributed by atoms with Crippen molar-refractivity contribution in [2.75, 3.05) is 32.8 Å². The lowest BCUT2D eigenvalue weighted by molar-refractivity contribution is 0.147. The second kappa shape index (κ2) is 5.54. The van der Waals surface area contributed by atoms with Crippen LogP contribution in [-0.4, -0.2) is 43.3 Å². The molecule has 4 nitrogen and oxygen atoms in total. The third-order valence-corrected chi connectivity index (χ3v) is 4.30. The smallest absolute Gasteiger partial charge is 0.175 e. The van der Waals surface area contributed by atoms with E-state index in [1.54, 1.807) is 0 Å². The highest BCUT2D eigenvalue weighted by molar-refractivity contribution is 9.10. The predicted molar refractivity (Wildman–Crippen MR) is 82.5 cm³/mol. The van der Waals surface area contributed by atoms with Crippen molar-refractivity contribution in [1.29, 1.82) is 0 Å². The van der Waals surface area contributed by atoms with Crippen LogP contribution in [-0.2, 0) is 6.54 Å². The van der Waals surface area contributed by atoms with Crippen molar-refractivity contribution >= 4 is 15.9 Å². The largest absolute Gasteiger partial charge is 0.486 e. The molecule has 110 valence electrons. The molecule has 1 aromatic rings. The van der Waals surface area contributed by atoms with Crippen LogP contribution < -0.4 is 14.8 Å². The van der Waals surface area contributed by atoms with Crippen molar-refractivity contribution < 1.29 is 9.47 Å². The lowest BCUT2D eigenvalue weighted by atomic mass is 10.0. The lowest BCUT2D eigenvalue weighted by Crippen LogP contribution is -2.56. The van der Waals surface area contributed by atoms with Gasteiger partial charge in [0.05, 0.1) is 4.47 Å². The van der Waals surface area contributed by atoms with Crippen molar-refractivity contribution in [3.05, 3.63) is 22.2 Å². The minimum atomic E-state index is 0.184. The van der Waals surface area contributed by atoms with Crippen molar-refractivity contribution in [3.63, 3.8) is 0 Å². The fraction of sp³-hybridized carbons (Fsp3) is 0.600. The number of ether oxygens (including phenoxy) is 2. The number of benzene rings is 1. The summed E-state index contributed by atoms with van der Waals surface area (Å²) in [6.07, 6.45) is 0. The third kappa shape index (κ3) is 3.10. The van der Waals surface area contributed by atoms with E-state index in [1.165, 1.54) is 5.56 Å². The van der Waals surface area contributed by atoms with Gasteiger partial charge in [0.2, 0.25) is 0 Å². The van der Waals surface area contributed by atoms with Gasteiger partial charge in [0.25, 0.3) is 0 Å². The summed E-state index contributed by atoms with van der Waals surface area (Å²) in [5.41, 5.74) is 1.45. The number of hydrogen-bond donors (Lipinski definition) is 1. The summed E-state index contributed by atoms with van der Waals surface area (Å²) in [6.45, 7) is 9.87. The summed E-state index contributed by atoms with van der Waals surface area (Å²) < 4.78 is 12.3. The van der Waals surface area contributed by atoms with E-state index in [0.717, 1.165) is 42.2 Å². The zero-order chi connectivity index (χ0) is 14.2. The van der Waals surface area contributed by atoms with E-state index in [1.807, 2.05) is 0 Å². The number of nitrogens with zero attached hydrogens (tertiary/aromatic N) is 1. The molecule has 5 heteroatoms. The van der Waals surface area contributed by atoms with Gasteiger partial charge >= 0.3 is 0 Å². The molecule has 0 atom stereocenters. The molecule has 0 aromatic heterocycles. The first kappa shape index (κ1) is 14.2. The van der Waals surface area contributed by atoms with Gasteiger partial charge in [-0.2, -0.15) is 0 Å². The standard InChI is InChI=1S/C15H21BrN2O2/c1-15(2)10-18(4-3-17-15)9-11-7-12(16)14-13(8-11)19-5-6-20-14/h7-8,17H,3-6,9-10H2,1-2H3. The van der Waals surface area contributed by atoms with Crippen molar-refractivity contribution in [1.82, 2.24) is 10.2 Å². The fourth-order valence-electron chi connectivity index (χ4n) is 2.90. The van der Waals surface area contributed by atoms with E-state index in [4.69, 9.17) is 9.47 Å². The van der Waals surface area contributed by atoms with Crippen molar-refractivity contribution in [2.24, 2.45) is 0 Å². The Kier molecular flexibility index (Phi) is 3.93. The quantitative estimate of drug-likeness (QED) is 0.896. The molecule has 1 N–H and O–H groups in total. The van der Waals surface area contributed by atoms with Gasteiger partial charge in [0.15, 0.2) is 11.5 Å². The van der Waals surface area contributed by atoms with Gasteiger partial charge < -0.3 is 14.8 Å². The zero-order valence-electron chi connectivity index (χ0n) is 12.0. The van der Waals surface area contributed by atoms with Crippen molar-refractivity contribution in [2.45, 2.75) is 25.9 Å². The van der Waals surface area contributed by atoms with E-state index in [0.29, 0.717) is 13.2 Å². The molecule has 2 aliphatic heterocycles. The Balaban J connectivity index is 1.76.